The van der Waals surface area contributed by atoms with Gasteiger partial charge in [-0.15, -0.1) is 0 Å². The van der Waals surface area contributed by atoms with Crippen LogP contribution in [0.5, 0.6) is 0 Å². The third-order valence-electron chi connectivity index (χ3n) is 3.50. The summed E-state index contributed by atoms with van der Waals surface area (Å²) >= 11 is 3.42. The highest BCUT2D eigenvalue weighted by Crippen LogP contribution is 2.13. The van der Waals surface area contributed by atoms with Crippen molar-refractivity contribution in [1.82, 2.24) is 4.90 Å². The lowest BCUT2D eigenvalue weighted by Gasteiger charge is -2.17. The highest BCUT2D eigenvalue weighted by Gasteiger charge is 2.08. The quantitative estimate of drug-likeness (QED) is 0.569. The molecule has 0 heterocycles. The summed E-state index contributed by atoms with van der Waals surface area (Å²) < 4.78 is 1.07. The van der Waals surface area contributed by atoms with E-state index in [1.54, 1.807) is 0 Å². The number of amides is 1. The van der Waals surface area contributed by atoms with Crippen LogP contribution in [0.2, 0.25) is 0 Å². The zero-order valence-corrected chi connectivity index (χ0v) is 14.3. The van der Waals surface area contributed by atoms with Crippen molar-refractivity contribution in [1.29, 1.82) is 0 Å². The Morgan fingerprint density at radius 2 is 1.65 bits per heavy atom. The van der Waals surface area contributed by atoms with E-state index in [4.69, 9.17) is 0 Å². The maximum Gasteiger partial charge on any atom is 0.222 e. The van der Waals surface area contributed by atoms with Gasteiger partial charge < -0.3 is 4.90 Å². The normalized spacial score (nSPS) is 10.6. The summed E-state index contributed by atoms with van der Waals surface area (Å²) in [5.74, 6) is 0.253. The highest BCUT2D eigenvalue weighted by atomic mass is 79.9. The summed E-state index contributed by atoms with van der Waals surface area (Å²) in [7, 11) is 1.89. The van der Waals surface area contributed by atoms with E-state index in [0.717, 1.165) is 10.9 Å². The Labute approximate surface area is 131 Å². The lowest BCUT2D eigenvalue weighted by Crippen LogP contribution is -2.25. The molecule has 2 nitrogen and oxygen atoms in total. The minimum Gasteiger partial charge on any atom is -0.341 e. The Hall–Kier alpha value is -0.830. The van der Waals surface area contributed by atoms with E-state index in [1.165, 1.54) is 37.7 Å². The van der Waals surface area contributed by atoms with Crippen molar-refractivity contribution >= 4 is 21.8 Å². The Morgan fingerprint density at radius 3 is 2.30 bits per heavy atom. The summed E-state index contributed by atoms with van der Waals surface area (Å²) in [4.78, 5) is 13.8. The van der Waals surface area contributed by atoms with Crippen LogP contribution in [0.15, 0.2) is 28.7 Å². The molecule has 0 aliphatic heterocycles. The second-order valence-electron chi connectivity index (χ2n) is 5.39. The average molecular weight is 340 g/mol. The van der Waals surface area contributed by atoms with Crippen LogP contribution in [0, 0.1) is 0 Å². The molecule has 1 rings (SSSR count). The second kappa shape index (κ2) is 9.98. The molecule has 1 aromatic carbocycles. The van der Waals surface area contributed by atoms with Crippen LogP contribution in [0.25, 0.3) is 0 Å². The summed E-state index contributed by atoms with van der Waals surface area (Å²) in [5.41, 5.74) is 1.17. The van der Waals surface area contributed by atoms with E-state index >= 15 is 0 Å². The number of carbonyl (C=O) groups is 1. The SMILES string of the molecule is CCCCCCCCC(=O)N(C)Cc1ccc(Br)cc1. The number of nitrogens with zero attached hydrogens (tertiary/aromatic N) is 1. The van der Waals surface area contributed by atoms with Gasteiger partial charge in [-0.1, -0.05) is 67.1 Å². The standard InChI is InChI=1S/C17H26BrNO/c1-3-4-5-6-7-8-9-17(20)19(2)14-15-10-12-16(18)13-11-15/h10-13H,3-9,14H2,1-2H3. The van der Waals surface area contributed by atoms with Crippen molar-refractivity contribution in [3.8, 4) is 0 Å². The molecule has 0 aromatic heterocycles. The van der Waals surface area contributed by atoms with E-state index in [-0.39, 0.29) is 5.91 Å². The molecule has 0 bridgehead atoms. The van der Waals surface area contributed by atoms with Gasteiger partial charge in [0.1, 0.15) is 0 Å². The molecule has 1 aromatic rings. The summed E-state index contributed by atoms with van der Waals surface area (Å²) in [6, 6.07) is 8.14. The topological polar surface area (TPSA) is 20.3 Å². The van der Waals surface area contributed by atoms with Crippen molar-refractivity contribution in [2.45, 2.75) is 58.4 Å². The van der Waals surface area contributed by atoms with E-state index in [2.05, 4.69) is 35.0 Å². The van der Waals surface area contributed by atoms with Crippen molar-refractivity contribution in [3.63, 3.8) is 0 Å². The summed E-state index contributed by atoms with van der Waals surface area (Å²) in [6.07, 6.45) is 8.04. The van der Waals surface area contributed by atoms with Crippen LogP contribution in [0.1, 0.15) is 57.4 Å². The Morgan fingerprint density at radius 1 is 1.05 bits per heavy atom. The highest BCUT2D eigenvalue weighted by molar-refractivity contribution is 9.10. The molecule has 0 saturated heterocycles. The number of carbonyl (C=O) groups excluding carboxylic acids is 1. The van der Waals surface area contributed by atoms with Gasteiger partial charge in [0.05, 0.1) is 0 Å². The van der Waals surface area contributed by atoms with Crippen molar-refractivity contribution in [2.24, 2.45) is 0 Å². The van der Waals surface area contributed by atoms with Crippen LogP contribution in [-0.2, 0) is 11.3 Å². The molecule has 0 radical (unpaired) electrons. The van der Waals surface area contributed by atoms with Crippen molar-refractivity contribution < 1.29 is 4.79 Å². The fraction of sp³-hybridized carbons (Fsp3) is 0.588. The van der Waals surface area contributed by atoms with Gasteiger partial charge in [-0.2, -0.15) is 0 Å². The van der Waals surface area contributed by atoms with Crippen LogP contribution < -0.4 is 0 Å². The largest absolute Gasteiger partial charge is 0.341 e. The van der Waals surface area contributed by atoms with E-state index in [9.17, 15) is 4.79 Å². The zero-order chi connectivity index (χ0) is 14.8. The average Bonchev–Trinajstić information content (AvgIpc) is 2.45. The fourth-order valence-corrected chi connectivity index (χ4v) is 2.46. The number of halogens is 1. The third kappa shape index (κ3) is 7.09. The molecule has 20 heavy (non-hydrogen) atoms. The zero-order valence-electron chi connectivity index (χ0n) is 12.7. The molecule has 0 N–H and O–H groups in total. The van der Waals surface area contributed by atoms with Gasteiger partial charge in [0.25, 0.3) is 0 Å². The lowest BCUT2D eigenvalue weighted by atomic mass is 10.1. The number of hydrogen-bond acceptors (Lipinski definition) is 1. The van der Waals surface area contributed by atoms with Crippen LogP contribution in [-0.4, -0.2) is 17.9 Å². The summed E-state index contributed by atoms with van der Waals surface area (Å²) in [6.45, 7) is 2.92. The minimum absolute atomic E-state index is 0.253. The second-order valence-corrected chi connectivity index (χ2v) is 6.31. The molecule has 0 spiro atoms. The predicted octanol–water partition coefficient (Wildman–Crippen LogP) is 5.16. The first-order valence-corrected chi connectivity index (χ1v) is 8.41. The minimum atomic E-state index is 0.253. The maximum atomic E-state index is 12.0. The fourth-order valence-electron chi connectivity index (χ4n) is 2.20. The summed E-state index contributed by atoms with van der Waals surface area (Å²) in [5, 5.41) is 0. The molecular formula is C17H26BrNO. The molecular weight excluding hydrogens is 314 g/mol. The van der Waals surface area contributed by atoms with Gasteiger partial charge in [0.15, 0.2) is 0 Å². The maximum absolute atomic E-state index is 12.0. The van der Waals surface area contributed by atoms with Gasteiger partial charge in [0.2, 0.25) is 5.91 Å². The molecule has 0 unspecified atom stereocenters. The van der Waals surface area contributed by atoms with Crippen LogP contribution >= 0.6 is 15.9 Å². The first-order chi connectivity index (χ1) is 9.63. The Kier molecular flexibility index (Phi) is 8.59. The smallest absolute Gasteiger partial charge is 0.222 e. The van der Waals surface area contributed by atoms with E-state index in [0.29, 0.717) is 13.0 Å². The first-order valence-electron chi connectivity index (χ1n) is 7.62. The van der Waals surface area contributed by atoms with Gasteiger partial charge in [-0.05, 0) is 24.1 Å². The molecule has 3 heteroatoms. The number of benzene rings is 1. The molecule has 112 valence electrons. The molecule has 0 saturated carbocycles. The third-order valence-corrected chi connectivity index (χ3v) is 4.03. The molecule has 0 fully saturated rings. The van der Waals surface area contributed by atoms with Crippen molar-refractivity contribution in [2.75, 3.05) is 7.05 Å². The molecule has 0 aliphatic rings. The number of hydrogen-bond donors (Lipinski definition) is 0. The number of rotatable bonds is 9. The van der Waals surface area contributed by atoms with Crippen molar-refractivity contribution in [3.05, 3.63) is 34.3 Å². The molecule has 0 atom stereocenters. The Bertz CT molecular complexity index is 388. The monoisotopic (exact) mass is 339 g/mol. The van der Waals surface area contributed by atoms with Crippen LogP contribution in [0.3, 0.4) is 0 Å². The number of unbranched alkanes of at least 4 members (excludes halogenated alkanes) is 5. The van der Waals surface area contributed by atoms with Gasteiger partial charge in [0, 0.05) is 24.5 Å². The predicted molar refractivity (Wildman–Crippen MR) is 88.6 cm³/mol. The van der Waals surface area contributed by atoms with Gasteiger partial charge in [-0.3, -0.25) is 4.79 Å². The van der Waals surface area contributed by atoms with Crippen LogP contribution in [0.4, 0.5) is 0 Å². The first kappa shape index (κ1) is 17.2. The molecule has 0 aliphatic carbocycles. The Balaban J connectivity index is 2.20. The molecule has 1 amide bonds. The van der Waals surface area contributed by atoms with Gasteiger partial charge >= 0.3 is 0 Å². The van der Waals surface area contributed by atoms with E-state index < -0.39 is 0 Å². The van der Waals surface area contributed by atoms with E-state index in [1.807, 2.05) is 24.1 Å². The van der Waals surface area contributed by atoms with Gasteiger partial charge in [-0.25, -0.2) is 0 Å². The lowest BCUT2D eigenvalue weighted by molar-refractivity contribution is -0.130.